The van der Waals surface area contributed by atoms with E-state index in [9.17, 15) is 4.79 Å². The highest BCUT2D eigenvalue weighted by Crippen LogP contribution is 2.03. The molecule has 0 spiro atoms. The maximum Gasteiger partial charge on any atom is 0.237 e. The van der Waals surface area contributed by atoms with Crippen LogP contribution in [0.4, 0.5) is 0 Å². The summed E-state index contributed by atoms with van der Waals surface area (Å²) < 4.78 is 1.88. The second-order valence-electron chi connectivity index (χ2n) is 4.49. The fourth-order valence-corrected chi connectivity index (χ4v) is 1.59. The number of rotatable bonds is 6. The first-order chi connectivity index (χ1) is 8.04. The zero-order valence-electron chi connectivity index (χ0n) is 10.7. The maximum absolute atomic E-state index is 11.7. The smallest absolute Gasteiger partial charge is 0.237 e. The predicted octanol–water partition coefficient (Wildman–Crippen LogP) is 0.288. The second-order valence-corrected chi connectivity index (χ2v) is 4.49. The molecule has 6 nitrogen and oxygen atoms in total. The summed E-state index contributed by atoms with van der Waals surface area (Å²) >= 11 is 0. The molecule has 0 saturated heterocycles. The first kappa shape index (κ1) is 13.6. The van der Waals surface area contributed by atoms with Crippen molar-refractivity contribution in [2.75, 3.05) is 0 Å². The summed E-state index contributed by atoms with van der Waals surface area (Å²) in [5.74, 6) is 1.02. The minimum atomic E-state index is -0.451. The zero-order valence-corrected chi connectivity index (χ0v) is 10.7. The quantitative estimate of drug-likeness (QED) is 0.747. The van der Waals surface area contributed by atoms with E-state index in [0.717, 1.165) is 12.4 Å². The number of nitrogens with one attached hydrogen (secondary N) is 1. The van der Waals surface area contributed by atoms with E-state index in [1.54, 1.807) is 6.33 Å². The topological polar surface area (TPSA) is 85.8 Å². The van der Waals surface area contributed by atoms with Gasteiger partial charge in [0.15, 0.2) is 5.82 Å². The average Bonchev–Trinajstić information content (AvgIpc) is 2.72. The number of aromatic nitrogens is 3. The van der Waals surface area contributed by atoms with Crippen molar-refractivity contribution in [1.82, 2.24) is 20.1 Å². The largest absolute Gasteiger partial charge is 0.347 e. The van der Waals surface area contributed by atoms with E-state index in [-0.39, 0.29) is 5.91 Å². The monoisotopic (exact) mass is 239 g/mol. The molecule has 0 aliphatic heterocycles. The Labute approximate surface area is 102 Å². The molecule has 1 aromatic rings. The summed E-state index contributed by atoms with van der Waals surface area (Å²) in [6.07, 6.45) is 2.34. The molecule has 0 saturated carbocycles. The second kappa shape index (κ2) is 6.34. The Bertz CT molecular complexity index is 360. The molecule has 3 N–H and O–H groups in total. The third-order valence-corrected chi connectivity index (χ3v) is 2.52. The van der Waals surface area contributed by atoms with Gasteiger partial charge in [0.25, 0.3) is 0 Å². The van der Waals surface area contributed by atoms with Crippen LogP contribution in [-0.2, 0) is 17.9 Å². The summed E-state index contributed by atoms with van der Waals surface area (Å²) in [5.41, 5.74) is 5.77. The lowest BCUT2D eigenvalue weighted by Gasteiger charge is -2.13. The third kappa shape index (κ3) is 4.14. The Morgan fingerprint density at radius 2 is 2.29 bits per heavy atom. The van der Waals surface area contributed by atoms with Gasteiger partial charge in [-0.3, -0.25) is 4.79 Å². The summed E-state index contributed by atoms with van der Waals surface area (Å²) in [5, 5.41) is 10.5. The number of nitrogens with zero attached hydrogens (tertiary/aromatic N) is 3. The van der Waals surface area contributed by atoms with E-state index in [2.05, 4.69) is 15.5 Å². The fraction of sp³-hybridized carbons (Fsp3) is 0.727. The molecule has 0 radical (unpaired) electrons. The SMILES string of the molecule is CCn1cnnc1CNC(=O)[C@@H](N)CC(C)C. The normalized spacial score (nSPS) is 12.8. The van der Waals surface area contributed by atoms with Gasteiger partial charge in [-0.1, -0.05) is 13.8 Å². The van der Waals surface area contributed by atoms with E-state index < -0.39 is 6.04 Å². The lowest BCUT2D eigenvalue weighted by molar-refractivity contribution is -0.122. The van der Waals surface area contributed by atoms with Crippen LogP contribution in [0, 0.1) is 5.92 Å². The standard InChI is InChI=1S/C11H21N5O/c1-4-16-7-14-15-10(16)6-13-11(17)9(12)5-8(2)3/h7-9H,4-6,12H2,1-3H3,(H,13,17)/t9-/m0/s1. The van der Waals surface area contributed by atoms with E-state index >= 15 is 0 Å². The molecule has 1 amide bonds. The lowest BCUT2D eigenvalue weighted by Crippen LogP contribution is -2.41. The van der Waals surface area contributed by atoms with Gasteiger partial charge in [-0.25, -0.2) is 0 Å². The predicted molar refractivity (Wildman–Crippen MR) is 65.0 cm³/mol. The first-order valence-corrected chi connectivity index (χ1v) is 5.94. The van der Waals surface area contributed by atoms with Gasteiger partial charge in [-0.2, -0.15) is 0 Å². The summed E-state index contributed by atoms with van der Waals surface area (Å²) in [4.78, 5) is 11.7. The molecule has 1 heterocycles. The molecule has 17 heavy (non-hydrogen) atoms. The van der Waals surface area contributed by atoms with Crippen molar-refractivity contribution in [3.63, 3.8) is 0 Å². The summed E-state index contributed by atoms with van der Waals surface area (Å²) in [7, 11) is 0. The van der Waals surface area contributed by atoms with Crippen LogP contribution in [0.3, 0.4) is 0 Å². The van der Waals surface area contributed by atoms with Gasteiger partial charge in [0.1, 0.15) is 6.33 Å². The molecule has 6 heteroatoms. The van der Waals surface area contributed by atoms with Crippen molar-refractivity contribution in [3.05, 3.63) is 12.2 Å². The Balaban J connectivity index is 2.43. The number of hydrogen-bond acceptors (Lipinski definition) is 4. The van der Waals surface area contributed by atoms with E-state index in [1.807, 2.05) is 25.3 Å². The zero-order chi connectivity index (χ0) is 12.8. The summed E-state index contributed by atoms with van der Waals surface area (Å²) in [6, 6.07) is -0.451. The van der Waals surface area contributed by atoms with Gasteiger partial charge in [-0.15, -0.1) is 10.2 Å². The minimum Gasteiger partial charge on any atom is -0.347 e. The molecule has 1 rings (SSSR count). The van der Waals surface area contributed by atoms with Gasteiger partial charge >= 0.3 is 0 Å². The molecule has 96 valence electrons. The molecule has 0 aliphatic rings. The van der Waals surface area contributed by atoms with E-state index in [0.29, 0.717) is 18.9 Å². The van der Waals surface area contributed by atoms with Gasteiger partial charge in [0.05, 0.1) is 12.6 Å². The van der Waals surface area contributed by atoms with Gasteiger partial charge < -0.3 is 15.6 Å². The maximum atomic E-state index is 11.7. The van der Waals surface area contributed by atoms with Crippen LogP contribution in [0.5, 0.6) is 0 Å². The number of hydrogen-bond donors (Lipinski definition) is 2. The minimum absolute atomic E-state index is 0.135. The highest BCUT2D eigenvalue weighted by molar-refractivity contribution is 5.81. The Morgan fingerprint density at radius 1 is 1.59 bits per heavy atom. The molecular weight excluding hydrogens is 218 g/mol. The molecule has 0 aromatic carbocycles. The Kier molecular flexibility index (Phi) is 5.09. The van der Waals surface area contributed by atoms with Crippen LogP contribution in [-0.4, -0.2) is 26.7 Å². The van der Waals surface area contributed by atoms with Crippen LogP contribution >= 0.6 is 0 Å². The molecule has 1 atom stereocenters. The van der Waals surface area contributed by atoms with E-state index in [1.165, 1.54) is 0 Å². The first-order valence-electron chi connectivity index (χ1n) is 5.94. The number of carbonyl (C=O) groups excluding carboxylic acids is 1. The number of amides is 1. The number of carbonyl (C=O) groups is 1. The van der Waals surface area contributed by atoms with E-state index in [4.69, 9.17) is 5.73 Å². The lowest BCUT2D eigenvalue weighted by atomic mass is 10.0. The van der Waals surface area contributed by atoms with Gasteiger partial charge in [0, 0.05) is 6.54 Å². The van der Waals surface area contributed by atoms with Crippen LogP contribution in [0.2, 0.25) is 0 Å². The van der Waals surface area contributed by atoms with Crippen molar-refractivity contribution in [3.8, 4) is 0 Å². The third-order valence-electron chi connectivity index (χ3n) is 2.52. The van der Waals surface area contributed by atoms with Crippen LogP contribution in [0.1, 0.15) is 33.0 Å². The Hall–Kier alpha value is -1.43. The molecule has 0 unspecified atom stereocenters. The van der Waals surface area contributed by atoms with Crippen molar-refractivity contribution >= 4 is 5.91 Å². The van der Waals surface area contributed by atoms with Crippen molar-refractivity contribution in [1.29, 1.82) is 0 Å². The van der Waals surface area contributed by atoms with Crippen molar-refractivity contribution < 1.29 is 4.79 Å². The highest BCUT2D eigenvalue weighted by atomic mass is 16.2. The summed E-state index contributed by atoms with van der Waals surface area (Å²) in [6.45, 7) is 7.25. The number of nitrogens with two attached hydrogens (primary N) is 1. The molecule has 1 aromatic heterocycles. The van der Waals surface area contributed by atoms with Crippen LogP contribution in [0.15, 0.2) is 6.33 Å². The molecule has 0 fully saturated rings. The fourth-order valence-electron chi connectivity index (χ4n) is 1.59. The van der Waals surface area contributed by atoms with Crippen molar-refractivity contribution in [2.45, 2.75) is 46.3 Å². The van der Waals surface area contributed by atoms with Crippen LogP contribution < -0.4 is 11.1 Å². The Morgan fingerprint density at radius 3 is 2.88 bits per heavy atom. The van der Waals surface area contributed by atoms with Gasteiger partial charge in [-0.05, 0) is 19.3 Å². The van der Waals surface area contributed by atoms with Gasteiger partial charge in [0.2, 0.25) is 5.91 Å². The molecular formula is C11H21N5O. The average molecular weight is 239 g/mol. The highest BCUT2D eigenvalue weighted by Gasteiger charge is 2.15. The number of aryl methyl sites for hydroxylation is 1. The van der Waals surface area contributed by atoms with Crippen molar-refractivity contribution in [2.24, 2.45) is 11.7 Å². The molecule has 0 aliphatic carbocycles. The van der Waals surface area contributed by atoms with Crippen LogP contribution in [0.25, 0.3) is 0 Å². The molecule has 0 bridgehead atoms.